The normalized spacial score (nSPS) is 9.89. The summed E-state index contributed by atoms with van der Waals surface area (Å²) >= 11 is 3.34. The van der Waals surface area contributed by atoms with Crippen LogP contribution in [0.1, 0.15) is 26.2 Å². The number of rotatable bonds is 6. The van der Waals surface area contributed by atoms with E-state index in [1.54, 1.807) is 6.07 Å². The zero-order valence-corrected chi connectivity index (χ0v) is 11.9. The molecule has 0 radical (unpaired) electrons. The lowest BCUT2D eigenvalue weighted by Crippen LogP contribution is -2.32. The van der Waals surface area contributed by atoms with Gasteiger partial charge in [-0.05, 0) is 34.5 Å². The topological polar surface area (TPSA) is 58.2 Å². The van der Waals surface area contributed by atoms with Crippen molar-refractivity contribution in [2.24, 2.45) is 0 Å². The first kappa shape index (κ1) is 14.7. The average molecular weight is 313 g/mol. The van der Waals surface area contributed by atoms with Gasteiger partial charge >= 0.3 is 0 Å². The second-order valence-corrected chi connectivity index (χ2v) is 4.76. The molecule has 2 N–H and O–H groups in total. The van der Waals surface area contributed by atoms with Gasteiger partial charge in [-0.15, -0.1) is 0 Å². The van der Waals surface area contributed by atoms with E-state index < -0.39 is 0 Å². The molecular weight excluding hydrogens is 296 g/mol. The van der Waals surface area contributed by atoms with Crippen LogP contribution in [0.25, 0.3) is 0 Å². The van der Waals surface area contributed by atoms with Crippen molar-refractivity contribution in [3.63, 3.8) is 0 Å². The van der Waals surface area contributed by atoms with E-state index in [1.165, 1.54) is 0 Å². The molecule has 0 aliphatic rings. The minimum atomic E-state index is -0.230. The third-order valence-electron chi connectivity index (χ3n) is 2.35. The van der Waals surface area contributed by atoms with Crippen molar-refractivity contribution in [3.8, 4) is 0 Å². The van der Waals surface area contributed by atoms with Crippen LogP contribution in [-0.2, 0) is 9.59 Å². The number of anilines is 1. The smallest absolute Gasteiger partial charge is 0.243 e. The van der Waals surface area contributed by atoms with Crippen LogP contribution in [0.15, 0.2) is 28.7 Å². The summed E-state index contributed by atoms with van der Waals surface area (Å²) in [6.07, 6.45) is 2.28. The van der Waals surface area contributed by atoms with Crippen LogP contribution in [0, 0.1) is 0 Å². The third kappa shape index (κ3) is 5.31. The molecule has 0 aliphatic carbocycles. The number of carbonyl (C=O) groups is 2. The van der Waals surface area contributed by atoms with Gasteiger partial charge in [0.15, 0.2) is 0 Å². The quantitative estimate of drug-likeness (QED) is 0.848. The van der Waals surface area contributed by atoms with Crippen LogP contribution in [0.3, 0.4) is 0 Å². The van der Waals surface area contributed by atoms with E-state index >= 15 is 0 Å². The van der Waals surface area contributed by atoms with Crippen molar-refractivity contribution >= 4 is 33.4 Å². The molecule has 2 amide bonds. The summed E-state index contributed by atoms with van der Waals surface area (Å²) in [5.41, 5.74) is 0.699. The molecule has 0 aromatic heterocycles. The van der Waals surface area contributed by atoms with Gasteiger partial charge in [-0.3, -0.25) is 9.59 Å². The number of benzene rings is 1. The lowest BCUT2D eigenvalue weighted by molar-refractivity contribution is -0.124. The zero-order valence-electron chi connectivity index (χ0n) is 10.3. The lowest BCUT2D eigenvalue weighted by Gasteiger charge is -2.08. The van der Waals surface area contributed by atoms with Crippen LogP contribution >= 0.6 is 15.9 Å². The van der Waals surface area contributed by atoms with Crippen LogP contribution in [0.2, 0.25) is 0 Å². The van der Waals surface area contributed by atoms with Crippen molar-refractivity contribution in [3.05, 3.63) is 28.7 Å². The Labute approximate surface area is 115 Å². The van der Waals surface area contributed by atoms with E-state index in [-0.39, 0.29) is 18.4 Å². The Kier molecular flexibility index (Phi) is 6.43. The van der Waals surface area contributed by atoms with Crippen molar-refractivity contribution in [2.45, 2.75) is 26.2 Å². The first-order valence-corrected chi connectivity index (χ1v) is 6.74. The fourth-order valence-corrected chi connectivity index (χ4v) is 1.75. The van der Waals surface area contributed by atoms with Gasteiger partial charge in [0.1, 0.15) is 0 Å². The Bertz CT molecular complexity index is 421. The Balaban J connectivity index is 2.34. The summed E-state index contributed by atoms with van der Waals surface area (Å²) in [7, 11) is 0. The minimum absolute atomic E-state index is 0.00385. The Hall–Kier alpha value is -1.36. The molecule has 5 heteroatoms. The molecule has 18 heavy (non-hydrogen) atoms. The zero-order chi connectivity index (χ0) is 13.4. The highest BCUT2D eigenvalue weighted by molar-refractivity contribution is 9.10. The number of nitrogens with one attached hydrogen (secondary N) is 2. The highest BCUT2D eigenvalue weighted by Crippen LogP contribution is 2.20. The molecule has 0 aliphatic heterocycles. The summed E-state index contributed by atoms with van der Waals surface area (Å²) in [5, 5.41) is 5.31. The monoisotopic (exact) mass is 312 g/mol. The van der Waals surface area contributed by atoms with Crippen LogP contribution in [-0.4, -0.2) is 18.4 Å². The molecule has 0 atom stereocenters. The Morgan fingerprint density at radius 2 is 1.94 bits per heavy atom. The SMILES string of the molecule is CCCCC(=O)NCC(=O)Nc1ccccc1Br. The van der Waals surface area contributed by atoms with Gasteiger partial charge in [-0.2, -0.15) is 0 Å². The van der Waals surface area contributed by atoms with E-state index in [0.717, 1.165) is 17.3 Å². The van der Waals surface area contributed by atoms with Crippen LogP contribution < -0.4 is 10.6 Å². The largest absolute Gasteiger partial charge is 0.347 e. The predicted octanol–water partition coefficient (Wildman–Crippen LogP) is 2.69. The third-order valence-corrected chi connectivity index (χ3v) is 3.04. The molecular formula is C13H17BrN2O2. The fraction of sp³-hybridized carbons (Fsp3) is 0.385. The number of para-hydroxylation sites is 1. The van der Waals surface area contributed by atoms with Gasteiger partial charge in [-0.1, -0.05) is 25.5 Å². The molecule has 0 spiro atoms. The van der Waals surface area contributed by atoms with Gasteiger partial charge < -0.3 is 10.6 Å². The molecule has 1 rings (SSSR count). The van der Waals surface area contributed by atoms with E-state index in [2.05, 4.69) is 26.6 Å². The number of amides is 2. The van der Waals surface area contributed by atoms with E-state index in [1.807, 2.05) is 25.1 Å². The number of halogens is 1. The molecule has 0 unspecified atom stereocenters. The Morgan fingerprint density at radius 1 is 1.22 bits per heavy atom. The Morgan fingerprint density at radius 3 is 2.61 bits per heavy atom. The molecule has 0 saturated heterocycles. The average Bonchev–Trinajstić information content (AvgIpc) is 2.36. The van der Waals surface area contributed by atoms with E-state index in [4.69, 9.17) is 0 Å². The molecule has 98 valence electrons. The van der Waals surface area contributed by atoms with Crippen molar-refractivity contribution in [1.29, 1.82) is 0 Å². The standard InChI is InChI=1S/C13H17BrN2O2/c1-2-3-8-12(17)15-9-13(18)16-11-7-5-4-6-10(11)14/h4-7H,2-3,8-9H2,1H3,(H,15,17)(H,16,18). The van der Waals surface area contributed by atoms with Gasteiger partial charge in [0.05, 0.1) is 12.2 Å². The number of unbranched alkanes of at least 4 members (excludes halogenated alkanes) is 1. The molecule has 1 aromatic rings. The second-order valence-electron chi connectivity index (χ2n) is 3.91. The summed E-state index contributed by atoms with van der Waals surface area (Å²) in [5.74, 6) is -0.314. The highest BCUT2D eigenvalue weighted by atomic mass is 79.9. The molecule has 4 nitrogen and oxygen atoms in total. The number of hydrogen-bond donors (Lipinski definition) is 2. The summed E-state index contributed by atoms with van der Waals surface area (Å²) in [4.78, 5) is 22.9. The summed E-state index contributed by atoms with van der Waals surface area (Å²) < 4.78 is 0.815. The van der Waals surface area contributed by atoms with Crippen LogP contribution in [0.4, 0.5) is 5.69 Å². The highest BCUT2D eigenvalue weighted by Gasteiger charge is 2.06. The first-order valence-electron chi connectivity index (χ1n) is 5.94. The summed E-state index contributed by atoms with van der Waals surface area (Å²) in [6.45, 7) is 2.02. The van der Waals surface area contributed by atoms with Gasteiger partial charge in [0.2, 0.25) is 11.8 Å². The maximum atomic E-state index is 11.6. The molecule has 0 fully saturated rings. The molecule has 0 saturated carbocycles. The molecule has 1 aromatic carbocycles. The second kappa shape index (κ2) is 7.87. The fourth-order valence-electron chi connectivity index (χ4n) is 1.36. The van der Waals surface area contributed by atoms with Crippen molar-refractivity contribution < 1.29 is 9.59 Å². The van der Waals surface area contributed by atoms with Crippen molar-refractivity contribution in [2.75, 3.05) is 11.9 Å². The van der Waals surface area contributed by atoms with Gasteiger partial charge in [-0.25, -0.2) is 0 Å². The maximum absolute atomic E-state index is 11.6. The van der Waals surface area contributed by atoms with Gasteiger partial charge in [0.25, 0.3) is 0 Å². The minimum Gasteiger partial charge on any atom is -0.347 e. The summed E-state index contributed by atoms with van der Waals surface area (Å²) in [6, 6.07) is 7.34. The molecule has 0 bridgehead atoms. The van der Waals surface area contributed by atoms with Crippen LogP contribution in [0.5, 0.6) is 0 Å². The van der Waals surface area contributed by atoms with Crippen molar-refractivity contribution in [1.82, 2.24) is 5.32 Å². The first-order chi connectivity index (χ1) is 8.63. The predicted molar refractivity (Wildman–Crippen MR) is 75.3 cm³/mol. The lowest BCUT2D eigenvalue weighted by atomic mass is 10.2. The van der Waals surface area contributed by atoms with E-state index in [9.17, 15) is 9.59 Å². The molecule has 0 heterocycles. The maximum Gasteiger partial charge on any atom is 0.243 e. The van der Waals surface area contributed by atoms with Gasteiger partial charge in [0, 0.05) is 10.9 Å². The number of carbonyl (C=O) groups excluding carboxylic acids is 2. The number of hydrogen-bond acceptors (Lipinski definition) is 2. The van der Waals surface area contributed by atoms with E-state index in [0.29, 0.717) is 12.1 Å².